The number of hydrogen-bond donors (Lipinski definition) is 1. The summed E-state index contributed by atoms with van der Waals surface area (Å²) < 4.78 is 5.29. The molecule has 0 saturated carbocycles. The Kier molecular flexibility index (Phi) is 5.56. The summed E-state index contributed by atoms with van der Waals surface area (Å²) in [5.41, 5.74) is 2.61. The van der Waals surface area contributed by atoms with Crippen molar-refractivity contribution in [2.45, 2.75) is 25.8 Å². The van der Waals surface area contributed by atoms with Gasteiger partial charge in [0.15, 0.2) is 0 Å². The smallest absolute Gasteiger partial charge is 0.119 e. The molecule has 1 heterocycles. The van der Waals surface area contributed by atoms with Crippen LogP contribution in [0.5, 0.6) is 5.75 Å². The van der Waals surface area contributed by atoms with Crippen LogP contribution in [0.2, 0.25) is 0 Å². The van der Waals surface area contributed by atoms with E-state index >= 15 is 0 Å². The van der Waals surface area contributed by atoms with E-state index in [1.54, 1.807) is 7.11 Å². The minimum absolute atomic E-state index is 0.425. The molecule has 1 aromatic carbocycles. The largest absolute Gasteiger partial charge is 0.497 e. The predicted molar refractivity (Wildman–Crippen MR) is 82.1 cm³/mol. The molecule has 2 rings (SSSR count). The fraction of sp³-hybridized carbons (Fsp3) is 0.353. The lowest BCUT2D eigenvalue weighted by molar-refractivity contribution is 0.413. The highest BCUT2D eigenvalue weighted by atomic mass is 16.5. The summed E-state index contributed by atoms with van der Waals surface area (Å²) in [7, 11) is 1.71. The van der Waals surface area contributed by atoms with Crippen molar-refractivity contribution in [3.05, 3.63) is 59.9 Å². The summed E-state index contributed by atoms with van der Waals surface area (Å²) in [6.45, 7) is 3.12. The molecule has 1 aromatic heterocycles. The summed E-state index contributed by atoms with van der Waals surface area (Å²) >= 11 is 0. The number of benzene rings is 1. The highest BCUT2D eigenvalue weighted by molar-refractivity contribution is 5.29. The Morgan fingerprint density at radius 1 is 1.10 bits per heavy atom. The van der Waals surface area contributed by atoms with E-state index in [1.807, 2.05) is 24.5 Å². The van der Waals surface area contributed by atoms with E-state index < -0.39 is 0 Å². The Labute approximate surface area is 121 Å². The van der Waals surface area contributed by atoms with E-state index in [4.69, 9.17) is 4.74 Å². The Bertz CT molecular complexity index is 513. The molecule has 0 aliphatic carbocycles. The average Bonchev–Trinajstić information content (AvgIpc) is 2.49. The lowest BCUT2D eigenvalue weighted by atomic mass is 9.99. The number of nitrogens with zero attached hydrogens (tertiary/aromatic N) is 1. The fourth-order valence-corrected chi connectivity index (χ4v) is 2.39. The maximum atomic E-state index is 5.29. The number of aromatic nitrogens is 1. The van der Waals surface area contributed by atoms with Gasteiger partial charge in [-0.3, -0.25) is 4.98 Å². The number of methoxy groups -OCH3 is 1. The zero-order valence-corrected chi connectivity index (χ0v) is 12.2. The van der Waals surface area contributed by atoms with Crippen molar-refractivity contribution >= 4 is 0 Å². The van der Waals surface area contributed by atoms with Crippen LogP contribution in [0.1, 0.15) is 18.1 Å². The molecule has 1 atom stereocenters. The summed E-state index contributed by atoms with van der Waals surface area (Å²) in [5, 5.41) is 3.56. The summed E-state index contributed by atoms with van der Waals surface area (Å²) in [5.74, 6) is 0.918. The first-order valence-corrected chi connectivity index (χ1v) is 7.07. The minimum atomic E-state index is 0.425. The highest BCUT2D eigenvalue weighted by Gasteiger charge is 2.10. The average molecular weight is 270 g/mol. The zero-order chi connectivity index (χ0) is 14.2. The molecule has 0 saturated heterocycles. The van der Waals surface area contributed by atoms with Gasteiger partial charge in [-0.05, 0) is 54.8 Å². The Hall–Kier alpha value is -1.87. The zero-order valence-electron chi connectivity index (χ0n) is 12.2. The van der Waals surface area contributed by atoms with Crippen LogP contribution in [0.4, 0.5) is 0 Å². The van der Waals surface area contributed by atoms with Gasteiger partial charge in [0.2, 0.25) is 0 Å². The second-order valence-electron chi connectivity index (χ2n) is 4.87. The predicted octanol–water partition coefficient (Wildman–Crippen LogP) is 2.85. The molecule has 0 aliphatic rings. The van der Waals surface area contributed by atoms with Crippen LogP contribution in [0.15, 0.2) is 48.8 Å². The maximum absolute atomic E-state index is 5.29. The second kappa shape index (κ2) is 7.65. The van der Waals surface area contributed by atoms with E-state index in [0.717, 1.165) is 25.1 Å². The molecule has 0 spiro atoms. The molecule has 3 nitrogen and oxygen atoms in total. The molecule has 0 amide bonds. The summed E-state index contributed by atoms with van der Waals surface area (Å²) in [6.07, 6.45) is 5.70. The number of rotatable bonds is 7. The lowest BCUT2D eigenvalue weighted by Crippen LogP contribution is -2.33. The molecule has 1 N–H and O–H groups in total. The minimum Gasteiger partial charge on any atom is -0.497 e. The van der Waals surface area contributed by atoms with Gasteiger partial charge in [0, 0.05) is 18.4 Å². The molecule has 3 heteroatoms. The van der Waals surface area contributed by atoms with Crippen molar-refractivity contribution in [2.75, 3.05) is 13.7 Å². The molecular formula is C17H22N2O. The topological polar surface area (TPSA) is 34.2 Å². The molecule has 0 fully saturated rings. The van der Waals surface area contributed by atoms with Crippen molar-refractivity contribution in [2.24, 2.45) is 0 Å². The number of hydrogen-bond acceptors (Lipinski definition) is 3. The van der Waals surface area contributed by atoms with Gasteiger partial charge in [-0.1, -0.05) is 19.1 Å². The SMILES string of the molecule is CCNC(Cc1ccncc1)Cc1cccc(OC)c1. The Morgan fingerprint density at radius 3 is 2.55 bits per heavy atom. The van der Waals surface area contributed by atoms with Crippen LogP contribution >= 0.6 is 0 Å². The van der Waals surface area contributed by atoms with Crippen molar-refractivity contribution in [1.82, 2.24) is 10.3 Å². The standard InChI is InChI=1S/C17H22N2O/c1-3-19-16(11-14-7-9-18-10-8-14)12-15-5-4-6-17(13-15)20-2/h4-10,13,16,19H,3,11-12H2,1-2H3. The Morgan fingerprint density at radius 2 is 1.85 bits per heavy atom. The van der Waals surface area contributed by atoms with Gasteiger partial charge in [-0.15, -0.1) is 0 Å². The number of nitrogens with one attached hydrogen (secondary N) is 1. The lowest BCUT2D eigenvalue weighted by Gasteiger charge is -2.18. The van der Waals surface area contributed by atoms with Gasteiger partial charge in [0.05, 0.1) is 7.11 Å². The molecular weight excluding hydrogens is 248 g/mol. The Balaban J connectivity index is 2.04. The van der Waals surface area contributed by atoms with Gasteiger partial charge in [0.25, 0.3) is 0 Å². The molecule has 0 bridgehead atoms. The molecule has 1 unspecified atom stereocenters. The normalized spacial score (nSPS) is 12.1. The van der Waals surface area contributed by atoms with Crippen LogP contribution in [0.25, 0.3) is 0 Å². The van der Waals surface area contributed by atoms with Gasteiger partial charge >= 0.3 is 0 Å². The van der Waals surface area contributed by atoms with Crippen molar-refractivity contribution in [3.8, 4) is 5.75 Å². The van der Waals surface area contributed by atoms with Crippen molar-refractivity contribution < 1.29 is 4.74 Å². The van der Waals surface area contributed by atoms with Crippen LogP contribution in [0.3, 0.4) is 0 Å². The van der Waals surface area contributed by atoms with E-state index in [1.165, 1.54) is 11.1 Å². The van der Waals surface area contributed by atoms with E-state index in [-0.39, 0.29) is 0 Å². The molecule has 0 aliphatic heterocycles. The fourth-order valence-electron chi connectivity index (χ4n) is 2.39. The van der Waals surface area contributed by atoms with Gasteiger partial charge in [-0.25, -0.2) is 0 Å². The van der Waals surface area contributed by atoms with Crippen molar-refractivity contribution in [1.29, 1.82) is 0 Å². The van der Waals surface area contributed by atoms with E-state index in [9.17, 15) is 0 Å². The second-order valence-corrected chi connectivity index (χ2v) is 4.87. The third kappa shape index (κ3) is 4.35. The van der Waals surface area contributed by atoms with Gasteiger partial charge in [0.1, 0.15) is 5.75 Å². The number of pyridine rings is 1. The molecule has 2 aromatic rings. The number of ether oxygens (including phenoxy) is 1. The van der Waals surface area contributed by atoms with Crippen LogP contribution in [0, 0.1) is 0 Å². The van der Waals surface area contributed by atoms with Gasteiger partial charge in [-0.2, -0.15) is 0 Å². The summed E-state index contributed by atoms with van der Waals surface area (Å²) in [6, 6.07) is 12.9. The number of likely N-dealkylation sites (N-methyl/N-ethyl adjacent to an activating group) is 1. The van der Waals surface area contributed by atoms with Crippen LogP contribution in [-0.4, -0.2) is 24.7 Å². The highest BCUT2D eigenvalue weighted by Crippen LogP contribution is 2.15. The molecule has 106 valence electrons. The van der Waals surface area contributed by atoms with Crippen molar-refractivity contribution in [3.63, 3.8) is 0 Å². The first-order valence-electron chi connectivity index (χ1n) is 7.07. The van der Waals surface area contributed by atoms with Crippen LogP contribution < -0.4 is 10.1 Å². The van der Waals surface area contributed by atoms with E-state index in [0.29, 0.717) is 6.04 Å². The van der Waals surface area contributed by atoms with E-state index in [2.05, 4.69) is 41.5 Å². The summed E-state index contributed by atoms with van der Waals surface area (Å²) in [4.78, 5) is 4.07. The van der Waals surface area contributed by atoms with Gasteiger partial charge < -0.3 is 10.1 Å². The quantitative estimate of drug-likeness (QED) is 0.840. The van der Waals surface area contributed by atoms with Crippen LogP contribution in [-0.2, 0) is 12.8 Å². The first kappa shape index (κ1) is 14.5. The first-order chi connectivity index (χ1) is 9.81. The molecule has 0 radical (unpaired) electrons. The molecule has 20 heavy (non-hydrogen) atoms. The maximum Gasteiger partial charge on any atom is 0.119 e. The monoisotopic (exact) mass is 270 g/mol. The third-order valence-electron chi connectivity index (χ3n) is 3.34. The third-order valence-corrected chi connectivity index (χ3v) is 3.34.